The molecule has 0 bridgehead atoms. The van der Waals surface area contributed by atoms with Gasteiger partial charge in [-0.1, -0.05) is 6.07 Å². The number of hydrogen-bond acceptors (Lipinski definition) is 5. The average Bonchev–Trinajstić information content (AvgIpc) is 2.96. The fraction of sp³-hybridized carbons (Fsp3) is 0.214. The third-order valence-corrected chi connectivity index (χ3v) is 4.00. The zero-order chi connectivity index (χ0) is 15.4. The van der Waals surface area contributed by atoms with Crippen LogP contribution in [0.25, 0.3) is 0 Å². The van der Waals surface area contributed by atoms with Crippen molar-refractivity contribution in [1.29, 1.82) is 0 Å². The van der Waals surface area contributed by atoms with Gasteiger partial charge in [-0.3, -0.25) is 14.9 Å². The maximum absolute atomic E-state index is 12.4. The number of amides is 1. The Morgan fingerprint density at radius 3 is 2.81 bits per heavy atom. The number of rotatable bonds is 5. The van der Waals surface area contributed by atoms with Crippen LogP contribution in [0, 0.1) is 10.1 Å². The van der Waals surface area contributed by atoms with E-state index in [0.29, 0.717) is 12.2 Å². The Balaban J connectivity index is 2.15. The lowest BCUT2D eigenvalue weighted by Gasteiger charge is -2.17. The van der Waals surface area contributed by atoms with E-state index in [-0.39, 0.29) is 11.3 Å². The van der Waals surface area contributed by atoms with E-state index in [4.69, 9.17) is 5.73 Å². The number of carbonyl (C=O) groups is 1. The first-order chi connectivity index (χ1) is 9.99. The van der Waals surface area contributed by atoms with Crippen LogP contribution in [0.1, 0.15) is 15.2 Å². The molecule has 0 atom stereocenters. The van der Waals surface area contributed by atoms with Crippen LogP contribution in [0.4, 0.5) is 11.4 Å². The van der Waals surface area contributed by atoms with E-state index in [1.807, 2.05) is 17.5 Å². The molecule has 0 saturated carbocycles. The van der Waals surface area contributed by atoms with Gasteiger partial charge in [-0.25, -0.2) is 0 Å². The maximum Gasteiger partial charge on any atom is 0.282 e. The number of anilines is 1. The molecular weight excluding hydrogens is 290 g/mol. The van der Waals surface area contributed by atoms with E-state index in [2.05, 4.69) is 0 Å². The molecule has 0 saturated heterocycles. The van der Waals surface area contributed by atoms with Crippen LogP contribution in [-0.2, 0) is 6.42 Å². The van der Waals surface area contributed by atoms with Crippen molar-refractivity contribution in [2.24, 2.45) is 0 Å². The highest BCUT2D eigenvalue weighted by atomic mass is 32.1. The zero-order valence-electron chi connectivity index (χ0n) is 11.5. The van der Waals surface area contributed by atoms with Crippen molar-refractivity contribution in [3.63, 3.8) is 0 Å². The number of nitrogen functional groups attached to an aromatic ring is 1. The van der Waals surface area contributed by atoms with Gasteiger partial charge in [0.25, 0.3) is 11.6 Å². The summed E-state index contributed by atoms with van der Waals surface area (Å²) in [6.45, 7) is 0.491. The Bertz CT molecular complexity index is 655. The molecule has 21 heavy (non-hydrogen) atoms. The molecule has 6 nitrogen and oxygen atoms in total. The quantitative estimate of drug-likeness (QED) is 0.522. The standard InChI is InChI=1S/C14H15N3O3S/c1-16(7-6-11-3-2-8-21-11)14(18)12-9-10(15)4-5-13(12)17(19)20/h2-5,8-9H,6-7,15H2,1H3. The van der Waals surface area contributed by atoms with Crippen molar-refractivity contribution in [3.8, 4) is 0 Å². The first-order valence-corrected chi connectivity index (χ1v) is 7.19. The molecule has 0 spiro atoms. The molecule has 0 aliphatic rings. The van der Waals surface area contributed by atoms with Gasteiger partial charge in [0.2, 0.25) is 0 Å². The minimum absolute atomic E-state index is 0.0219. The maximum atomic E-state index is 12.4. The molecular formula is C14H15N3O3S. The normalized spacial score (nSPS) is 10.3. The summed E-state index contributed by atoms with van der Waals surface area (Å²) in [5.41, 5.74) is 5.75. The number of thiophene rings is 1. The van der Waals surface area contributed by atoms with Crippen molar-refractivity contribution in [2.45, 2.75) is 6.42 Å². The molecule has 0 aliphatic carbocycles. The summed E-state index contributed by atoms with van der Waals surface area (Å²) in [5.74, 6) is -0.398. The fourth-order valence-corrected chi connectivity index (χ4v) is 2.62. The Morgan fingerprint density at radius 1 is 1.43 bits per heavy atom. The summed E-state index contributed by atoms with van der Waals surface area (Å²) in [7, 11) is 1.63. The van der Waals surface area contributed by atoms with Crippen molar-refractivity contribution in [3.05, 3.63) is 56.3 Å². The molecule has 1 aromatic carbocycles. The minimum Gasteiger partial charge on any atom is -0.399 e. The smallest absolute Gasteiger partial charge is 0.282 e. The predicted octanol–water partition coefficient (Wildman–Crippen LogP) is 2.55. The van der Waals surface area contributed by atoms with Gasteiger partial charge in [0.05, 0.1) is 4.92 Å². The summed E-state index contributed by atoms with van der Waals surface area (Å²) in [4.78, 5) is 25.4. The van der Waals surface area contributed by atoms with Crippen molar-refractivity contribution in [2.75, 3.05) is 19.3 Å². The number of nitro groups is 1. The highest BCUT2D eigenvalue weighted by Crippen LogP contribution is 2.22. The molecule has 110 valence electrons. The third kappa shape index (κ3) is 3.57. The number of hydrogen-bond donors (Lipinski definition) is 1. The second-order valence-electron chi connectivity index (χ2n) is 4.59. The summed E-state index contributed by atoms with van der Waals surface area (Å²) in [5, 5.41) is 13.0. The molecule has 2 N–H and O–H groups in total. The lowest BCUT2D eigenvalue weighted by Crippen LogP contribution is -2.29. The number of nitrogens with zero attached hydrogens (tertiary/aromatic N) is 2. The highest BCUT2D eigenvalue weighted by Gasteiger charge is 2.23. The van der Waals surface area contributed by atoms with Crippen LogP contribution in [0.3, 0.4) is 0 Å². The summed E-state index contributed by atoms with van der Waals surface area (Å²) < 4.78 is 0. The topological polar surface area (TPSA) is 89.5 Å². The van der Waals surface area contributed by atoms with Crippen LogP contribution in [-0.4, -0.2) is 29.3 Å². The van der Waals surface area contributed by atoms with Crippen molar-refractivity contribution in [1.82, 2.24) is 4.90 Å². The number of likely N-dealkylation sites (N-methyl/N-ethyl adjacent to an activating group) is 1. The molecule has 0 fully saturated rings. The largest absolute Gasteiger partial charge is 0.399 e. The Hall–Kier alpha value is -2.41. The molecule has 2 rings (SSSR count). The van der Waals surface area contributed by atoms with E-state index >= 15 is 0 Å². The monoisotopic (exact) mass is 305 g/mol. The first kappa shape index (κ1) is 15.0. The minimum atomic E-state index is -0.570. The van der Waals surface area contributed by atoms with Crippen molar-refractivity contribution < 1.29 is 9.72 Å². The van der Waals surface area contributed by atoms with Gasteiger partial charge in [0, 0.05) is 30.2 Å². The molecule has 1 heterocycles. The van der Waals surface area contributed by atoms with Gasteiger partial charge >= 0.3 is 0 Å². The van der Waals surface area contributed by atoms with Crippen LogP contribution in [0.5, 0.6) is 0 Å². The van der Waals surface area contributed by atoms with E-state index < -0.39 is 10.8 Å². The SMILES string of the molecule is CN(CCc1cccs1)C(=O)c1cc(N)ccc1[N+](=O)[O-]. The van der Waals surface area contributed by atoms with Gasteiger partial charge in [-0.2, -0.15) is 0 Å². The first-order valence-electron chi connectivity index (χ1n) is 6.31. The second-order valence-corrected chi connectivity index (χ2v) is 5.62. The molecule has 0 aliphatic heterocycles. The van der Waals surface area contributed by atoms with Crippen LogP contribution < -0.4 is 5.73 Å². The van der Waals surface area contributed by atoms with E-state index in [0.717, 1.165) is 11.3 Å². The van der Waals surface area contributed by atoms with Crippen LogP contribution in [0.15, 0.2) is 35.7 Å². The molecule has 2 aromatic rings. The molecule has 0 radical (unpaired) electrons. The number of carbonyl (C=O) groups excluding carboxylic acids is 1. The number of nitro benzene ring substituents is 1. The number of benzene rings is 1. The third-order valence-electron chi connectivity index (χ3n) is 3.07. The molecule has 1 amide bonds. The highest BCUT2D eigenvalue weighted by molar-refractivity contribution is 7.09. The van der Waals surface area contributed by atoms with Crippen molar-refractivity contribution >= 4 is 28.6 Å². The van der Waals surface area contributed by atoms with E-state index in [1.54, 1.807) is 18.4 Å². The van der Waals surface area contributed by atoms with E-state index in [9.17, 15) is 14.9 Å². The number of nitrogens with two attached hydrogens (primary N) is 1. The second kappa shape index (κ2) is 6.36. The van der Waals surface area contributed by atoms with Gasteiger partial charge < -0.3 is 10.6 Å². The zero-order valence-corrected chi connectivity index (χ0v) is 12.3. The Morgan fingerprint density at radius 2 is 2.19 bits per heavy atom. The van der Waals surface area contributed by atoms with Crippen LogP contribution >= 0.6 is 11.3 Å². The van der Waals surface area contributed by atoms with Gasteiger partial charge in [0.15, 0.2) is 0 Å². The lowest BCUT2D eigenvalue weighted by molar-refractivity contribution is -0.385. The Labute approximate surface area is 126 Å². The van der Waals surface area contributed by atoms with E-state index in [1.165, 1.54) is 23.1 Å². The predicted molar refractivity (Wildman–Crippen MR) is 82.5 cm³/mol. The Kier molecular flexibility index (Phi) is 4.54. The fourth-order valence-electron chi connectivity index (χ4n) is 1.92. The molecule has 7 heteroatoms. The summed E-state index contributed by atoms with van der Waals surface area (Å²) in [6.07, 6.45) is 0.718. The average molecular weight is 305 g/mol. The van der Waals surface area contributed by atoms with Gasteiger partial charge in [-0.15, -0.1) is 11.3 Å². The molecule has 0 unspecified atom stereocenters. The summed E-state index contributed by atoms with van der Waals surface area (Å²) >= 11 is 1.62. The molecule has 1 aromatic heterocycles. The summed E-state index contributed by atoms with van der Waals surface area (Å²) in [6, 6.07) is 7.97. The lowest BCUT2D eigenvalue weighted by atomic mass is 10.1. The van der Waals surface area contributed by atoms with Gasteiger partial charge in [-0.05, 0) is 30.0 Å². The van der Waals surface area contributed by atoms with Crippen LogP contribution in [0.2, 0.25) is 0 Å². The van der Waals surface area contributed by atoms with Gasteiger partial charge in [0.1, 0.15) is 5.56 Å².